The molecule has 1 saturated carbocycles. The Morgan fingerprint density at radius 2 is 2.16 bits per heavy atom. The summed E-state index contributed by atoms with van der Waals surface area (Å²) in [5.41, 5.74) is 1.83. The lowest BCUT2D eigenvalue weighted by Gasteiger charge is -2.17. The highest BCUT2D eigenvalue weighted by atomic mass is 19.1. The van der Waals surface area contributed by atoms with Crippen molar-refractivity contribution in [3.8, 4) is 0 Å². The van der Waals surface area contributed by atoms with Gasteiger partial charge < -0.3 is 20.3 Å². The molecule has 1 aliphatic carbocycles. The largest absolute Gasteiger partial charge is 0.446 e. The van der Waals surface area contributed by atoms with E-state index in [9.17, 15) is 14.0 Å². The lowest BCUT2D eigenvalue weighted by Crippen LogP contribution is -2.33. The molecule has 0 bridgehead atoms. The van der Waals surface area contributed by atoms with Crippen LogP contribution in [0.5, 0.6) is 0 Å². The number of rotatable bonds is 6. The van der Waals surface area contributed by atoms with Gasteiger partial charge in [0, 0.05) is 42.4 Å². The molecule has 1 aromatic heterocycles. The van der Waals surface area contributed by atoms with E-state index >= 15 is 0 Å². The molecule has 8 nitrogen and oxygen atoms in total. The SMILES string of the molecule is CC(C)NC(=O)O[C@@H]1CC[C@H](c2cc(Nc3ccc(N4CCCC4=O)c(F)c3)n[nH]2)C1. The Labute approximate surface area is 180 Å². The molecule has 2 atom stereocenters. The van der Waals surface area contributed by atoms with Gasteiger partial charge in [-0.2, -0.15) is 5.10 Å². The molecule has 1 aliphatic heterocycles. The van der Waals surface area contributed by atoms with Crippen molar-refractivity contribution in [3.63, 3.8) is 0 Å². The smallest absolute Gasteiger partial charge is 0.407 e. The van der Waals surface area contributed by atoms with E-state index in [2.05, 4.69) is 20.8 Å². The zero-order valence-corrected chi connectivity index (χ0v) is 17.8. The van der Waals surface area contributed by atoms with Crippen LogP contribution in [0.3, 0.4) is 0 Å². The number of nitrogens with zero attached hydrogens (tertiary/aromatic N) is 2. The van der Waals surface area contributed by atoms with E-state index in [0.29, 0.717) is 30.2 Å². The first-order valence-electron chi connectivity index (χ1n) is 10.8. The maximum Gasteiger partial charge on any atom is 0.407 e. The van der Waals surface area contributed by atoms with Crippen molar-refractivity contribution in [3.05, 3.63) is 35.8 Å². The highest BCUT2D eigenvalue weighted by molar-refractivity contribution is 5.95. The fraction of sp³-hybridized carbons (Fsp3) is 0.500. The molecule has 1 aromatic carbocycles. The van der Waals surface area contributed by atoms with Gasteiger partial charge in [0.2, 0.25) is 5.91 Å². The van der Waals surface area contributed by atoms with Gasteiger partial charge >= 0.3 is 6.09 Å². The molecule has 9 heteroatoms. The Hall–Kier alpha value is -3.10. The van der Waals surface area contributed by atoms with Gasteiger partial charge in [-0.1, -0.05) is 0 Å². The lowest BCUT2D eigenvalue weighted by molar-refractivity contribution is -0.117. The second-order valence-electron chi connectivity index (χ2n) is 8.48. The van der Waals surface area contributed by atoms with Crippen LogP contribution in [0.1, 0.15) is 57.6 Å². The number of ether oxygens (including phenoxy) is 1. The average Bonchev–Trinajstić information content (AvgIpc) is 3.43. The van der Waals surface area contributed by atoms with Crippen LogP contribution < -0.4 is 15.5 Å². The average molecular weight is 429 g/mol. The summed E-state index contributed by atoms with van der Waals surface area (Å²) < 4.78 is 20.0. The van der Waals surface area contributed by atoms with E-state index in [1.165, 1.54) is 11.0 Å². The first-order chi connectivity index (χ1) is 14.9. The van der Waals surface area contributed by atoms with Crippen molar-refractivity contribution in [1.29, 1.82) is 0 Å². The molecule has 2 amide bonds. The topological polar surface area (TPSA) is 99.3 Å². The molecule has 0 radical (unpaired) electrons. The molecule has 166 valence electrons. The van der Waals surface area contributed by atoms with E-state index in [4.69, 9.17) is 4.74 Å². The minimum absolute atomic E-state index is 0.0423. The predicted octanol–water partition coefficient (Wildman–Crippen LogP) is 4.19. The number of nitrogens with one attached hydrogen (secondary N) is 3. The third kappa shape index (κ3) is 4.98. The van der Waals surface area contributed by atoms with Crippen LogP contribution in [0.25, 0.3) is 0 Å². The maximum atomic E-state index is 14.5. The highest BCUT2D eigenvalue weighted by Crippen LogP contribution is 2.36. The number of carbonyl (C=O) groups excluding carboxylic acids is 2. The number of aromatic amines is 1. The van der Waals surface area contributed by atoms with Gasteiger partial charge in [-0.15, -0.1) is 0 Å². The van der Waals surface area contributed by atoms with Crippen LogP contribution in [0.15, 0.2) is 24.3 Å². The Morgan fingerprint density at radius 3 is 2.87 bits per heavy atom. The van der Waals surface area contributed by atoms with Crippen molar-refractivity contribution in [2.45, 2.75) is 64.0 Å². The Balaban J connectivity index is 1.35. The van der Waals surface area contributed by atoms with Crippen LogP contribution in [-0.4, -0.2) is 40.9 Å². The molecule has 2 fully saturated rings. The van der Waals surface area contributed by atoms with E-state index in [1.54, 1.807) is 12.1 Å². The summed E-state index contributed by atoms with van der Waals surface area (Å²) >= 11 is 0. The van der Waals surface area contributed by atoms with Gasteiger partial charge in [-0.25, -0.2) is 9.18 Å². The predicted molar refractivity (Wildman–Crippen MR) is 115 cm³/mol. The zero-order chi connectivity index (χ0) is 22.0. The minimum Gasteiger partial charge on any atom is -0.446 e. The Morgan fingerprint density at radius 1 is 1.32 bits per heavy atom. The summed E-state index contributed by atoms with van der Waals surface area (Å²) in [4.78, 5) is 25.1. The number of amides is 2. The monoisotopic (exact) mass is 429 g/mol. The van der Waals surface area contributed by atoms with Gasteiger partial charge in [0.15, 0.2) is 5.82 Å². The van der Waals surface area contributed by atoms with Crippen LogP contribution in [0, 0.1) is 5.82 Å². The number of halogens is 1. The van der Waals surface area contributed by atoms with Crippen molar-refractivity contribution in [2.24, 2.45) is 0 Å². The number of hydrogen-bond acceptors (Lipinski definition) is 5. The zero-order valence-electron chi connectivity index (χ0n) is 17.8. The summed E-state index contributed by atoms with van der Waals surface area (Å²) in [6.45, 7) is 4.34. The summed E-state index contributed by atoms with van der Waals surface area (Å²) in [5, 5.41) is 13.2. The molecule has 3 N–H and O–H groups in total. The molecule has 0 spiro atoms. The summed E-state index contributed by atoms with van der Waals surface area (Å²) in [5.74, 6) is 0.324. The second-order valence-corrected chi connectivity index (χ2v) is 8.48. The minimum atomic E-state index is -0.438. The maximum absolute atomic E-state index is 14.5. The van der Waals surface area contributed by atoms with Gasteiger partial charge in [-0.05, 0) is 57.7 Å². The Bertz CT molecular complexity index is 960. The summed E-state index contributed by atoms with van der Waals surface area (Å²) in [6, 6.07) is 6.68. The third-order valence-electron chi connectivity index (χ3n) is 5.69. The van der Waals surface area contributed by atoms with Gasteiger partial charge in [0.25, 0.3) is 0 Å². The van der Waals surface area contributed by atoms with E-state index in [1.807, 2.05) is 19.9 Å². The first-order valence-corrected chi connectivity index (χ1v) is 10.8. The standard InChI is InChI=1S/C22H28FN5O3/c1-13(2)24-22(30)31-16-7-5-14(10-16)18-12-20(27-26-18)25-15-6-8-19(17(23)11-15)28-9-3-4-21(28)29/h6,8,11-14,16H,3-5,7,9-10H2,1-2H3,(H,24,30)(H2,25,26,27)/t14-,16+/m0/s1. The lowest BCUT2D eigenvalue weighted by atomic mass is 10.0. The molecule has 2 aliphatic rings. The first kappa shape index (κ1) is 21.1. The fourth-order valence-corrected chi connectivity index (χ4v) is 4.21. The molecular formula is C22H28FN5O3. The molecule has 31 heavy (non-hydrogen) atoms. The highest BCUT2D eigenvalue weighted by Gasteiger charge is 2.30. The number of hydrogen-bond donors (Lipinski definition) is 3. The van der Waals surface area contributed by atoms with E-state index < -0.39 is 5.82 Å². The summed E-state index contributed by atoms with van der Waals surface area (Å²) in [6.07, 6.45) is 3.16. The molecular weight excluding hydrogens is 401 g/mol. The van der Waals surface area contributed by atoms with Gasteiger partial charge in [0.1, 0.15) is 11.9 Å². The van der Waals surface area contributed by atoms with E-state index in [-0.39, 0.29) is 30.1 Å². The normalized spacial score (nSPS) is 21.0. The van der Waals surface area contributed by atoms with Gasteiger partial charge in [-0.3, -0.25) is 9.89 Å². The number of alkyl carbamates (subject to hydrolysis) is 1. The molecule has 1 saturated heterocycles. The quantitative estimate of drug-likeness (QED) is 0.639. The molecule has 2 aromatic rings. The van der Waals surface area contributed by atoms with Crippen LogP contribution in [0.4, 0.5) is 26.4 Å². The number of H-pyrrole nitrogens is 1. The van der Waals surface area contributed by atoms with Crippen LogP contribution in [0.2, 0.25) is 0 Å². The Kier molecular flexibility index (Phi) is 6.11. The van der Waals surface area contributed by atoms with Crippen molar-refractivity contribution in [2.75, 3.05) is 16.8 Å². The van der Waals surface area contributed by atoms with Gasteiger partial charge in [0.05, 0.1) is 5.69 Å². The van der Waals surface area contributed by atoms with Crippen molar-refractivity contribution >= 4 is 29.2 Å². The van der Waals surface area contributed by atoms with Crippen LogP contribution >= 0.6 is 0 Å². The van der Waals surface area contributed by atoms with Crippen molar-refractivity contribution in [1.82, 2.24) is 15.5 Å². The second kappa shape index (κ2) is 8.95. The van der Waals surface area contributed by atoms with Crippen LogP contribution in [-0.2, 0) is 9.53 Å². The fourth-order valence-electron chi connectivity index (χ4n) is 4.21. The van der Waals surface area contributed by atoms with Crippen molar-refractivity contribution < 1.29 is 18.7 Å². The molecule has 2 heterocycles. The number of anilines is 3. The van der Waals surface area contributed by atoms with E-state index in [0.717, 1.165) is 31.4 Å². The third-order valence-corrected chi connectivity index (χ3v) is 5.69. The number of carbonyl (C=O) groups is 2. The number of aromatic nitrogens is 2. The molecule has 0 unspecified atom stereocenters. The summed E-state index contributed by atoms with van der Waals surface area (Å²) in [7, 11) is 0. The number of benzene rings is 1. The molecule has 4 rings (SSSR count).